The molecule has 0 unspecified atom stereocenters. The molecule has 0 heterocycles. The Kier molecular flexibility index (Phi) is 7.81. The van der Waals surface area contributed by atoms with Crippen LogP contribution in [-0.4, -0.2) is 37.5 Å². The van der Waals surface area contributed by atoms with E-state index in [1.165, 1.54) is 6.08 Å². The van der Waals surface area contributed by atoms with Crippen molar-refractivity contribution in [3.63, 3.8) is 0 Å². The van der Waals surface area contributed by atoms with Crippen LogP contribution in [0.5, 0.6) is 5.75 Å². The molecule has 0 atom stereocenters. The van der Waals surface area contributed by atoms with Crippen LogP contribution >= 0.6 is 0 Å². The minimum absolute atomic E-state index is 0.176. The van der Waals surface area contributed by atoms with E-state index in [-0.39, 0.29) is 11.9 Å². The van der Waals surface area contributed by atoms with Gasteiger partial charge in [-0.2, -0.15) is 0 Å². The Hall–Kier alpha value is -3.61. The van der Waals surface area contributed by atoms with Gasteiger partial charge in [0.25, 0.3) is 11.8 Å². The molecule has 7 nitrogen and oxygen atoms in total. The molecule has 0 spiro atoms. The van der Waals surface area contributed by atoms with E-state index in [4.69, 9.17) is 9.47 Å². The maximum atomic E-state index is 12.6. The van der Waals surface area contributed by atoms with Crippen LogP contribution in [0, 0.1) is 0 Å². The van der Waals surface area contributed by atoms with E-state index in [0.29, 0.717) is 17.0 Å². The van der Waals surface area contributed by atoms with Gasteiger partial charge in [-0.15, -0.1) is 0 Å². The quantitative estimate of drug-likeness (QED) is 0.501. The van der Waals surface area contributed by atoms with Crippen LogP contribution in [0.15, 0.2) is 54.6 Å². The Balaban J connectivity index is 1.50. The summed E-state index contributed by atoms with van der Waals surface area (Å²) in [5, 5.41) is 5.65. The van der Waals surface area contributed by atoms with Gasteiger partial charge in [0.1, 0.15) is 5.75 Å². The summed E-state index contributed by atoms with van der Waals surface area (Å²) in [4.78, 5) is 36.7. The van der Waals surface area contributed by atoms with Gasteiger partial charge in [0.15, 0.2) is 6.61 Å². The normalized spacial score (nSPS) is 13.7. The average molecular weight is 422 g/mol. The minimum Gasteiger partial charge on any atom is -0.497 e. The zero-order valence-corrected chi connectivity index (χ0v) is 17.4. The molecular formula is C24H26N2O5. The SMILES string of the molecule is COc1ccc(/C=C/C(=O)OCC(=O)Nc2ccccc2C(=O)NC2CCCC2)cc1. The second-order valence-electron chi connectivity index (χ2n) is 7.26. The number of esters is 1. The topological polar surface area (TPSA) is 93.7 Å². The van der Waals surface area contributed by atoms with Gasteiger partial charge >= 0.3 is 5.97 Å². The van der Waals surface area contributed by atoms with Gasteiger partial charge in [-0.05, 0) is 48.7 Å². The minimum atomic E-state index is -0.641. The molecule has 31 heavy (non-hydrogen) atoms. The smallest absolute Gasteiger partial charge is 0.331 e. The number of anilines is 1. The third-order valence-electron chi connectivity index (χ3n) is 5.01. The van der Waals surface area contributed by atoms with Gasteiger partial charge in [0, 0.05) is 12.1 Å². The predicted octanol–water partition coefficient (Wildman–Crippen LogP) is 3.56. The number of rotatable bonds is 8. The molecule has 1 aliphatic rings. The standard InChI is InChI=1S/C24H26N2O5/c1-30-19-13-10-17(11-14-19)12-15-23(28)31-16-22(27)26-21-9-5-4-8-20(21)24(29)25-18-6-2-3-7-18/h4-5,8-15,18H,2-3,6-7,16H2,1H3,(H,25,29)(H,26,27)/b15-12+. The van der Waals surface area contributed by atoms with Crippen LogP contribution in [0.2, 0.25) is 0 Å². The van der Waals surface area contributed by atoms with E-state index in [1.807, 2.05) is 0 Å². The Morgan fingerprint density at radius 1 is 1.03 bits per heavy atom. The Labute approximate surface area is 181 Å². The number of carbonyl (C=O) groups is 3. The van der Waals surface area contributed by atoms with Crippen molar-refractivity contribution < 1.29 is 23.9 Å². The highest BCUT2D eigenvalue weighted by atomic mass is 16.5. The zero-order valence-electron chi connectivity index (χ0n) is 17.4. The van der Waals surface area contributed by atoms with E-state index in [2.05, 4.69) is 10.6 Å². The largest absolute Gasteiger partial charge is 0.497 e. The van der Waals surface area contributed by atoms with Crippen molar-refractivity contribution in [2.75, 3.05) is 19.0 Å². The maximum absolute atomic E-state index is 12.6. The molecule has 2 aromatic carbocycles. The number of methoxy groups -OCH3 is 1. The molecule has 0 radical (unpaired) electrons. The summed E-state index contributed by atoms with van der Waals surface area (Å²) in [5.74, 6) is -0.665. The first-order valence-electron chi connectivity index (χ1n) is 10.2. The summed E-state index contributed by atoms with van der Waals surface area (Å²) in [6.07, 6.45) is 7.00. The molecule has 162 valence electrons. The lowest BCUT2D eigenvalue weighted by atomic mass is 10.1. The monoisotopic (exact) mass is 422 g/mol. The second-order valence-corrected chi connectivity index (χ2v) is 7.26. The fraction of sp³-hybridized carbons (Fsp3) is 0.292. The maximum Gasteiger partial charge on any atom is 0.331 e. The van der Waals surface area contributed by atoms with Gasteiger partial charge in [-0.3, -0.25) is 9.59 Å². The number of nitrogens with one attached hydrogen (secondary N) is 2. The summed E-state index contributed by atoms with van der Waals surface area (Å²) >= 11 is 0. The number of para-hydroxylation sites is 1. The summed E-state index contributed by atoms with van der Waals surface area (Å²) in [6, 6.07) is 14.1. The molecule has 0 bridgehead atoms. The molecule has 3 rings (SSSR count). The van der Waals surface area contributed by atoms with Crippen LogP contribution in [0.4, 0.5) is 5.69 Å². The van der Waals surface area contributed by atoms with Crippen molar-refractivity contribution in [3.8, 4) is 5.75 Å². The van der Waals surface area contributed by atoms with Gasteiger partial charge in [-0.25, -0.2) is 4.79 Å². The van der Waals surface area contributed by atoms with E-state index in [9.17, 15) is 14.4 Å². The van der Waals surface area contributed by atoms with Crippen molar-refractivity contribution in [2.45, 2.75) is 31.7 Å². The number of carbonyl (C=O) groups excluding carboxylic acids is 3. The van der Waals surface area contributed by atoms with Gasteiger partial charge in [-0.1, -0.05) is 37.1 Å². The molecule has 1 saturated carbocycles. The van der Waals surface area contributed by atoms with E-state index >= 15 is 0 Å². The highest BCUT2D eigenvalue weighted by molar-refractivity contribution is 6.04. The molecule has 1 fully saturated rings. The van der Waals surface area contributed by atoms with Crippen LogP contribution < -0.4 is 15.4 Å². The van der Waals surface area contributed by atoms with E-state index in [1.54, 1.807) is 61.7 Å². The number of amides is 2. The lowest BCUT2D eigenvalue weighted by Crippen LogP contribution is -2.33. The van der Waals surface area contributed by atoms with Crippen LogP contribution in [0.1, 0.15) is 41.6 Å². The summed E-state index contributed by atoms with van der Waals surface area (Å²) in [5.41, 5.74) is 1.56. The number of hydrogen-bond acceptors (Lipinski definition) is 5. The Morgan fingerprint density at radius 2 is 1.74 bits per heavy atom. The third-order valence-corrected chi connectivity index (χ3v) is 5.01. The van der Waals surface area contributed by atoms with Crippen LogP contribution in [0.25, 0.3) is 6.08 Å². The van der Waals surface area contributed by atoms with Crippen LogP contribution in [-0.2, 0) is 14.3 Å². The molecule has 0 saturated heterocycles. The lowest BCUT2D eigenvalue weighted by Gasteiger charge is -2.15. The average Bonchev–Trinajstić information content (AvgIpc) is 3.30. The van der Waals surface area contributed by atoms with Crippen molar-refractivity contribution in [3.05, 3.63) is 65.7 Å². The van der Waals surface area contributed by atoms with Gasteiger partial charge in [0.05, 0.1) is 18.4 Å². The first kappa shape index (κ1) is 22.1. The molecular weight excluding hydrogens is 396 g/mol. The molecule has 2 aromatic rings. The Bertz CT molecular complexity index is 947. The van der Waals surface area contributed by atoms with Gasteiger partial charge in [0.2, 0.25) is 0 Å². The number of ether oxygens (including phenoxy) is 2. The highest BCUT2D eigenvalue weighted by Crippen LogP contribution is 2.20. The van der Waals surface area contributed by atoms with Crippen molar-refractivity contribution >= 4 is 29.5 Å². The van der Waals surface area contributed by atoms with Crippen LogP contribution in [0.3, 0.4) is 0 Å². The fourth-order valence-corrected chi connectivity index (χ4v) is 3.37. The number of hydrogen-bond donors (Lipinski definition) is 2. The summed E-state index contributed by atoms with van der Waals surface area (Å²) in [6.45, 7) is -0.454. The van der Waals surface area contributed by atoms with Crippen molar-refractivity contribution in [1.82, 2.24) is 5.32 Å². The van der Waals surface area contributed by atoms with Crippen molar-refractivity contribution in [1.29, 1.82) is 0 Å². The van der Waals surface area contributed by atoms with E-state index < -0.39 is 18.5 Å². The zero-order chi connectivity index (χ0) is 22.1. The first-order chi connectivity index (χ1) is 15.0. The summed E-state index contributed by atoms with van der Waals surface area (Å²) in [7, 11) is 1.58. The second kappa shape index (κ2) is 11.0. The first-order valence-corrected chi connectivity index (χ1v) is 10.2. The molecule has 7 heteroatoms. The fourth-order valence-electron chi connectivity index (χ4n) is 3.37. The van der Waals surface area contributed by atoms with Gasteiger partial charge < -0.3 is 20.1 Å². The molecule has 0 aliphatic heterocycles. The highest BCUT2D eigenvalue weighted by Gasteiger charge is 2.20. The Morgan fingerprint density at radius 3 is 2.45 bits per heavy atom. The molecule has 0 aromatic heterocycles. The molecule has 2 amide bonds. The lowest BCUT2D eigenvalue weighted by molar-refractivity contribution is -0.142. The van der Waals surface area contributed by atoms with E-state index in [0.717, 1.165) is 31.2 Å². The number of benzene rings is 2. The summed E-state index contributed by atoms with van der Waals surface area (Å²) < 4.78 is 10.1. The predicted molar refractivity (Wildman–Crippen MR) is 118 cm³/mol. The molecule has 1 aliphatic carbocycles. The van der Waals surface area contributed by atoms with Crippen molar-refractivity contribution in [2.24, 2.45) is 0 Å². The third kappa shape index (κ3) is 6.70. The molecule has 2 N–H and O–H groups in total.